The quantitative estimate of drug-likeness (QED) is 0.195. The lowest BCUT2D eigenvalue weighted by atomic mass is 9.78. The standard InChI is InChI=1S/C31H30F5N5O3/c32-30(33)44-21-11-12-22(38-17-21)41-15-13-18(14-16-41)25(37)23-24(31(34,35)36)27(42)29(43)40-28(23)39-26(19-7-3-1-4-8-19)20-9-5-2-6-10-20/h1-12,17-18,24,26-27,30,37,39,42H,13-16H2,(H,40,43)/t24-,27-/m1/s1. The first-order chi connectivity index (χ1) is 21.0. The fourth-order valence-electron chi connectivity index (χ4n) is 5.63. The Kier molecular flexibility index (Phi) is 9.14. The molecule has 44 heavy (non-hydrogen) atoms. The molecule has 2 aliphatic heterocycles. The van der Waals surface area contributed by atoms with Crippen molar-refractivity contribution in [3.8, 4) is 5.75 Å². The number of aromatic nitrogens is 1. The molecular formula is C31H30F5N5O3. The number of pyridine rings is 1. The molecule has 232 valence electrons. The Morgan fingerprint density at radius 1 is 1.00 bits per heavy atom. The molecule has 2 aliphatic rings. The number of aliphatic hydroxyl groups excluding tert-OH is 1. The van der Waals surface area contributed by atoms with Crippen LogP contribution in [0.5, 0.6) is 5.75 Å². The second kappa shape index (κ2) is 13.0. The van der Waals surface area contributed by atoms with Crippen molar-refractivity contribution in [2.24, 2.45) is 11.8 Å². The molecule has 0 bridgehead atoms. The summed E-state index contributed by atoms with van der Waals surface area (Å²) >= 11 is 0. The molecule has 4 N–H and O–H groups in total. The normalized spacial score (nSPS) is 19.7. The minimum Gasteiger partial charge on any atom is -0.433 e. The summed E-state index contributed by atoms with van der Waals surface area (Å²) in [6, 6.07) is 20.1. The van der Waals surface area contributed by atoms with Crippen molar-refractivity contribution >= 4 is 17.4 Å². The first-order valence-corrected chi connectivity index (χ1v) is 13.9. The van der Waals surface area contributed by atoms with E-state index in [0.29, 0.717) is 30.0 Å². The van der Waals surface area contributed by atoms with Gasteiger partial charge in [0.25, 0.3) is 5.91 Å². The van der Waals surface area contributed by atoms with E-state index >= 15 is 0 Å². The third-order valence-corrected chi connectivity index (χ3v) is 7.78. The lowest BCUT2D eigenvalue weighted by Gasteiger charge is -2.39. The number of amides is 1. The minimum absolute atomic E-state index is 0.104. The zero-order valence-corrected chi connectivity index (χ0v) is 23.3. The van der Waals surface area contributed by atoms with Gasteiger partial charge in [-0.2, -0.15) is 22.0 Å². The second-order valence-corrected chi connectivity index (χ2v) is 10.5. The molecule has 0 unspecified atom stereocenters. The molecular weight excluding hydrogens is 585 g/mol. The maximum absolute atomic E-state index is 14.5. The van der Waals surface area contributed by atoms with E-state index in [2.05, 4.69) is 20.4 Å². The van der Waals surface area contributed by atoms with Crippen molar-refractivity contribution in [2.45, 2.75) is 37.8 Å². The fourth-order valence-corrected chi connectivity index (χ4v) is 5.63. The summed E-state index contributed by atoms with van der Waals surface area (Å²) in [5.74, 6) is -4.36. The number of anilines is 1. The van der Waals surface area contributed by atoms with E-state index < -0.39 is 48.2 Å². The van der Waals surface area contributed by atoms with Crippen LogP contribution in [-0.4, -0.2) is 53.7 Å². The summed E-state index contributed by atoms with van der Waals surface area (Å²) in [6.07, 6.45) is -5.73. The molecule has 3 aromatic rings. The molecule has 0 aliphatic carbocycles. The maximum Gasteiger partial charge on any atom is 0.398 e. The number of rotatable bonds is 9. The first kappa shape index (κ1) is 30.9. The predicted octanol–water partition coefficient (Wildman–Crippen LogP) is 5.18. The average Bonchev–Trinajstić information content (AvgIpc) is 3.01. The largest absolute Gasteiger partial charge is 0.433 e. The van der Waals surface area contributed by atoms with Crippen molar-refractivity contribution in [3.63, 3.8) is 0 Å². The number of carbonyl (C=O) groups excluding carboxylic acids is 1. The van der Waals surface area contributed by atoms with Gasteiger partial charge in [0.05, 0.1) is 12.2 Å². The van der Waals surface area contributed by atoms with Gasteiger partial charge in [0.15, 0.2) is 0 Å². The van der Waals surface area contributed by atoms with Crippen LogP contribution in [0.15, 0.2) is 90.4 Å². The molecule has 5 rings (SSSR count). The third-order valence-electron chi connectivity index (χ3n) is 7.78. The van der Waals surface area contributed by atoms with Crippen LogP contribution in [0.4, 0.5) is 27.8 Å². The lowest BCUT2D eigenvalue weighted by Crippen LogP contribution is -2.55. The van der Waals surface area contributed by atoms with Crippen molar-refractivity contribution in [1.82, 2.24) is 15.6 Å². The van der Waals surface area contributed by atoms with Gasteiger partial charge >= 0.3 is 12.8 Å². The van der Waals surface area contributed by atoms with Crippen LogP contribution in [-0.2, 0) is 4.79 Å². The Morgan fingerprint density at radius 3 is 2.09 bits per heavy atom. The molecule has 2 atom stereocenters. The van der Waals surface area contributed by atoms with Gasteiger partial charge in [-0.3, -0.25) is 4.79 Å². The predicted molar refractivity (Wildman–Crippen MR) is 152 cm³/mol. The van der Waals surface area contributed by atoms with Gasteiger partial charge in [0.1, 0.15) is 29.4 Å². The van der Waals surface area contributed by atoms with Crippen LogP contribution in [0.3, 0.4) is 0 Å². The zero-order valence-electron chi connectivity index (χ0n) is 23.3. The topological polar surface area (TPSA) is 111 Å². The summed E-state index contributed by atoms with van der Waals surface area (Å²) < 4.78 is 72.8. The van der Waals surface area contributed by atoms with E-state index in [9.17, 15) is 31.9 Å². The Morgan fingerprint density at radius 2 is 1.59 bits per heavy atom. The molecule has 0 saturated carbocycles. The molecule has 1 aromatic heterocycles. The molecule has 3 heterocycles. The highest BCUT2D eigenvalue weighted by Gasteiger charge is 2.54. The first-order valence-electron chi connectivity index (χ1n) is 13.9. The monoisotopic (exact) mass is 615 g/mol. The number of hydrogen-bond donors (Lipinski definition) is 4. The Bertz CT molecular complexity index is 1440. The molecule has 1 amide bonds. The number of nitrogens with one attached hydrogen (secondary N) is 3. The zero-order chi connectivity index (χ0) is 31.4. The van der Waals surface area contributed by atoms with Crippen LogP contribution in [0.1, 0.15) is 30.0 Å². The van der Waals surface area contributed by atoms with E-state index in [-0.39, 0.29) is 30.1 Å². The number of piperidine rings is 1. The van der Waals surface area contributed by atoms with Crippen molar-refractivity contribution in [2.75, 3.05) is 18.0 Å². The summed E-state index contributed by atoms with van der Waals surface area (Å²) in [5.41, 5.74) is 0.590. The number of nitrogens with zero attached hydrogens (tertiary/aromatic N) is 2. The van der Waals surface area contributed by atoms with Crippen LogP contribution in [0.2, 0.25) is 0 Å². The number of hydrogen-bond acceptors (Lipinski definition) is 7. The van der Waals surface area contributed by atoms with Gasteiger partial charge in [-0.05, 0) is 36.1 Å². The smallest absolute Gasteiger partial charge is 0.398 e. The van der Waals surface area contributed by atoms with Crippen LogP contribution >= 0.6 is 0 Å². The highest BCUT2D eigenvalue weighted by atomic mass is 19.4. The van der Waals surface area contributed by atoms with Gasteiger partial charge in [0.2, 0.25) is 0 Å². The number of halogens is 5. The number of ether oxygens (including phenoxy) is 1. The number of aliphatic hydroxyl groups is 1. The molecule has 0 spiro atoms. The summed E-state index contributed by atoms with van der Waals surface area (Å²) in [5, 5.41) is 25.0. The lowest BCUT2D eigenvalue weighted by molar-refractivity contribution is -0.192. The second-order valence-electron chi connectivity index (χ2n) is 10.5. The molecule has 8 nitrogen and oxygen atoms in total. The van der Waals surface area contributed by atoms with E-state index in [1.807, 2.05) is 4.90 Å². The van der Waals surface area contributed by atoms with E-state index in [1.54, 1.807) is 60.7 Å². The van der Waals surface area contributed by atoms with Crippen LogP contribution < -0.4 is 20.3 Å². The summed E-state index contributed by atoms with van der Waals surface area (Å²) in [6.45, 7) is -2.33. The Labute approximate surface area is 250 Å². The van der Waals surface area contributed by atoms with Gasteiger partial charge in [0, 0.05) is 30.3 Å². The molecule has 2 aromatic carbocycles. The van der Waals surface area contributed by atoms with Crippen LogP contribution in [0.25, 0.3) is 0 Å². The van der Waals surface area contributed by atoms with Gasteiger partial charge in [-0.15, -0.1) is 0 Å². The van der Waals surface area contributed by atoms with E-state index in [1.165, 1.54) is 12.1 Å². The number of benzene rings is 2. The number of carbonyl (C=O) groups is 1. The maximum atomic E-state index is 14.5. The minimum atomic E-state index is -5.02. The average molecular weight is 616 g/mol. The van der Waals surface area contributed by atoms with Crippen molar-refractivity contribution in [3.05, 3.63) is 102 Å². The van der Waals surface area contributed by atoms with Gasteiger partial charge in [-0.1, -0.05) is 60.7 Å². The van der Waals surface area contributed by atoms with Crippen molar-refractivity contribution in [1.29, 1.82) is 5.41 Å². The van der Waals surface area contributed by atoms with E-state index in [0.717, 1.165) is 6.20 Å². The molecule has 1 saturated heterocycles. The molecule has 13 heteroatoms. The SMILES string of the molecule is N=C(C1=C(NC(c2ccccc2)c2ccccc2)NC(=O)[C@H](O)[C@@H]1C(F)(F)F)C1CCN(c2ccc(OC(F)F)cn2)CC1. The van der Waals surface area contributed by atoms with E-state index in [4.69, 9.17) is 5.41 Å². The highest BCUT2D eigenvalue weighted by Crippen LogP contribution is 2.41. The number of alkyl halides is 5. The van der Waals surface area contributed by atoms with Crippen LogP contribution in [0, 0.1) is 17.2 Å². The van der Waals surface area contributed by atoms with Gasteiger partial charge in [-0.25, -0.2) is 4.98 Å². The van der Waals surface area contributed by atoms with Gasteiger partial charge < -0.3 is 30.8 Å². The highest BCUT2D eigenvalue weighted by molar-refractivity contribution is 6.03. The summed E-state index contributed by atoms with van der Waals surface area (Å²) in [7, 11) is 0. The van der Waals surface area contributed by atoms with Crippen molar-refractivity contribution < 1.29 is 36.6 Å². The fraction of sp³-hybridized carbons (Fsp3) is 0.323. The third kappa shape index (κ3) is 6.83. The Hall–Kier alpha value is -4.52. The summed E-state index contributed by atoms with van der Waals surface area (Å²) in [4.78, 5) is 18.7. The molecule has 0 radical (unpaired) electrons. The molecule has 1 fully saturated rings. The Balaban J connectivity index is 1.45.